The van der Waals surface area contributed by atoms with Crippen molar-refractivity contribution in [2.24, 2.45) is 0 Å². The highest BCUT2D eigenvalue weighted by Gasteiger charge is 2.12. The van der Waals surface area contributed by atoms with Gasteiger partial charge in [0.25, 0.3) is 0 Å². The van der Waals surface area contributed by atoms with Crippen LogP contribution in [0.1, 0.15) is 0 Å². The van der Waals surface area contributed by atoms with Gasteiger partial charge in [-0.3, -0.25) is 0 Å². The lowest BCUT2D eigenvalue weighted by atomic mass is 10.4. The summed E-state index contributed by atoms with van der Waals surface area (Å²) in [5, 5.41) is 0. The molecule has 0 aliphatic carbocycles. The summed E-state index contributed by atoms with van der Waals surface area (Å²) in [5.74, 6) is 0. The fourth-order valence-corrected chi connectivity index (χ4v) is 1.51. The molecule has 0 atom stereocenters. The number of hydrogen-bond acceptors (Lipinski definition) is 3. The van der Waals surface area contributed by atoms with Gasteiger partial charge in [0.1, 0.15) is 19.6 Å². The lowest BCUT2D eigenvalue weighted by Gasteiger charge is -2.23. The molecule has 1 rings (SSSR count). The van der Waals surface area contributed by atoms with E-state index in [2.05, 4.69) is 6.58 Å². The Morgan fingerprint density at radius 3 is 2.60 bits per heavy atom. The first-order valence-corrected chi connectivity index (χ1v) is 5.61. The predicted molar refractivity (Wildman–Crippen MR) is 58.2 cm³/mol. The molecule has 0 bridgehead atoms. The molecular weight excluding hydrogens is 194 g/mol. The standard InChI is InChI=1S/C11H21NO3/c1-2-6-13-10-11-15-9-5-12-3-7-14-8-4-12/h2H,1,3-11H2/p+1. The van der Waals surface area contributed by atoms with E-state index in [4.69, 9.17) is 14.2 Å². The van der Waals surface area contributed by atoms with Gasteiger partial charge in [-0.15, -0.1) is 6.58 Å². The first-order valence-electron chi connectivity index (χ1n) is 5.61. The van der Waals surface area contributed by atoms with Crippen LogP contribution in [0, 0.1) is 0 Å². The van der Waals surface area contributed by atoms with Gasteiger partial charge in [-0.25, -0.2) is 0 Å². The SMILES string of the molecule is C=CCOCCOCC[NH+]1CCOCC1. The molecule has 1 fully saturated rings. The highest BCUT2D eigenvalue weighted by Crippen LogP contribution is 1.79. The van der Waals surface area contributed by atoms with Crippen LogP contribution >= 0.6 is 0 Å². The zero-order valence-corrected chi connectivity index (χ0v) is 9.37. The molecule has 0 aromatic rings. The number of hydrogen-bond donors (Lipinski definition) is 1. The molecule has 1 N–H and O–H groups in total. The molecule has 0 radical (unpaired) electrons. The lowest BCUT2D eigenvalue weighted by Crippen LogP contribution is -3.14. The molecule has 1 saturated heterocycles. The molecule has 4 heteroatoms. The van der Waals surface area contributed by atoms with Crippen LogP contribution in [-0.2, 0) is 14.2 Å². The maximum atomic E-state index is 5.46. The van der Waals surface area contributed by atoms with Crippen molar-refractivity contribution in [3.63, 3.8) is 0 Å². The fourth-order valence-electron chi connectivity index (χ4n) is 1.51. The van der Waals surface area contributed by atoms with Gasteiger partial charge in [0.05, 0.1) is 39.6 Å². The van der Waals surface area contributed by atoms with Gasteiger partial charge in [0, 0.05) is 0 Å². The Labute approximate surface area is 91.8 Å². The van der Waals surface area contributed by atoms with E-state index in [1.807, 2.05) is 0 Å². The molecule has 1 heterocycles. The zero-order valence-electron chi connectivity index (χ0n) is 9.37. The summed E-state index contributed by atoms with van der Waals surface area (Å²) >= 11 is 0. The Morgan fingerprint density at radius 2 is 1.87 bits per heavy atom. The summed E-state index contributed by atoms with van der Waals surface area (Å²) in [6, 6.07) is 0. The third kappa shape index (κ3) is 6.62. The first-order chi connectivity index (χ1) is 7.43. The van der Waals surface area contributed by atoms with Crippen LogP contribution in [0.25, 0.3) is 0 Å². The minimum absolute atomic E-state index is 0.609. The van der Waals surface area contributed by atoms with Crippen molar-refractivity contribution in [1.29, 1.82) is 0 Å². The van der Waals surface area contributed by atoms with E-state index < -0.39 is 0 Å². The second-order valence-corrected chi connectivity index (χ2v) is 3.59. The molecule has 1 aliphatic rings. The quantitative estimate of drug-likeness (QED) is 0.422. The molecule has 0 amide bonds. The summed E-state index contributed by atoms with van der Waals surface area (Å²) in [7, 11) is 0. The first kappa shape index (κ1) is 12.6. The van der Waals surface area contributed by atoms with E-state index in [1.54, 1.807) is 11.0 Å². The number of quaternary nitrogens is 1. The third-order valence-corrected chi connectivity index (χ3v) is 2.41. The zero-order chi connectivity index (χ0) is 10.8. The van der Waals surface area contributed by atoms with Gasteiger partial charge in [0.2, 0.25) is 0 Å². The van der Waals surface area contributed by atoms with E-state index in [9.17, 15) is 0 Å². The van der Waals surface area contributed by atoms with Gasteiger partial charge in [-0.05, 0) is 0 Å². The van der Waals surface area contributed by atoms with Crippen LogP contribution in [0.15, 0.2) is 12.7 Å². The molecule has 15 heavy (non-hydrogen) atoms. The molecule has 0 spiro atoms. The second-order valence-electron chi connectivity index (χ2n) is 3.59. The maximum Gasteiger partial charge on any atom is 0.101 e. The van der Waals surface area contributed by atoms with Crippen LogP contribution in [0.3, 0.4) is 0 Å². The molecule has 0 aromatic heterocycles. The summed E-state index contributed by atoms with van der Waals surface area (Å²) in [6.45, 7) is 11.4. The fraction of sp³-hybridized carbons (Fsp3) is 0.818. The largest absolute Gasteiger partial charge is 0.375 e. The van der Waals surface area contributed by atoms with Crippen LogP contribution in [0.4, 0.5) is 0 Å². The summed E-state index contributed by atoms with van der Waals surface area (Å²) in [6.07, 6.45) is 1.75. The van der Waals surface area contributed by atoms with E-state index in [-0.39, 0.29) is 0 Å². The number of rotatable bonds is 8. The molecular formula is C11H22NO3+. The normalized spacial score (nSPS) is 17.9. The molecule has 0 saturated carbocycles. The Hall–Kier alpha value is -0.420. The monoisotopic (exact) mass is 216 g/mol. The van der Waals surface area contributed by atoms with Gasteiger partial charge < -0.3 is 19.1 Å². The lowest BCUT2D eigenvalue weighted by molar-refractivity contribution is -0.908. The van der Waals surface area contributed by atoms with Crippen molar-refractivity contribution in [3.05, 3.63) is 12.7 Å². The van der Waals surface area contributed by atoms with Crippen molar-refractivity contribution in [2.75, 3.05) is 59.3 Å². The molecule has 1 aliphatic heterocycles. The Kier molecular flexibility index (Phi) is 7.47. The van der Waals surface area contributed by atoms with E-state index in [1.165, 1.54) is 0 Å². The number of morpholine rings is 1. The minimum Gasteiger partial charge on any atom is -0.375 e. The minimum atomic E-state index is 0.609. The molecule has 0 aromatic carbocycles. The van der Waals surface area contributed by atoms with Crippen LogP contribution in [0.5, 0.6) is 0 Å². The van der Waals surface area contributed by atoms with E-state index in [0.717, 1.165) is 39.5 Å². The Morgan fingerprint density at radius 1 is 1.13 bits per heavy atom. The summed E-state index contributed by atoms with van der Waals surface area (Å²) in [5.41, 5.74) is 0. The van der Waals surface area contributed by atoms with Crippen LogP contribution in [0.2, 0.25) is 0 Å². The maximum absolute atomic E-state index is 5.46. The molecule has 4 nitrogen and oxygen atoms in total. The van der Waals surface area contributed by atoms with Crippen LogP contribution in [-0.4, -0.2) is 59.3 Å². The van der Waals surface area contributed by atoms with Gasteiger partial charge in [0.15, 0.2) is 0 Å². The van der Waals surface area contributed by atoms with Gasteiger partial charge in [-0.1, -0.05) is 6.08 Å². The number of ether oxygens (including phenoxy) is 3. The highest BCUT2D eigenvalue weighted by molar-refractivity contribution is 4.63. The highest BCUT2D eigenvalue weighted by atomic mass is 16.5. The van der Waals surface area contributed by atoms with Crippen molar-refractivity contribution in [3.8, 4) is 0 Å². The average molecular weight is 216 g/mol. The van der Waals surface area contributed by atoms with Crippen molar-refractivity contribution >= 4 is 0 Å². The Balaban J connectivity index is 1.81. The Bertz CT molecular complexity index is 158. The predicted octanol–water partition coefficient (Wildman–Crippen LogP) is -0.879. The van der Waals surface area contributed by atoms with E-state index in [0.29, 0.717) is 19.8 Å². The molecule has 88 valence electrons. The second kappa shape index (κ2) is 8.85. The average Bonchev–Trinajstić information content (AvgIpc) is 2.29. The van der Waals surface area contributed by atoms with Crippen LogP contribution < -0.4 is 4.90 Å². The smallest absolute Gasteiger partial charge is 0.101 e. The van der Waals surface area contributed by atoms with E-state index >= 15 is 0 Å². The van der Waals surface area contributed by atoms with Gasteiger partial charge >= 0.3 is 0 Å². The van der Waals surface area contributed by atoms with Gasteiger partial charge in [-0.2, -0.15) is 0 Å². The summed E-state index contributed by atoms with van der Waals surface area (Å²) < 4.78 is 15.9. The molecule has 0 unspecified atom stereocenters. The van der Waals surface area contributed by atoms with Crippen molar-refractivity contribution < 1.29 is 19.1 Å². The third-order valence-electron chi connectivity index (χ3n) is 2.41. The van der Waals surface area contributed by atoms with Crippen molar-refractivity contribution in [1.82, 2.24) is 0 Å². The number of nitrogens with one attached hydrogen (secondary N) is 1. The topological polar surface area (TPSA) is 32.1 Å². The summed E-state index contributed by atoms with van der Waals surface area (Å²) in [4.78, 5) is 1.58. The van der Waals surface area contributed by atoms with Crippen molar-refractivity contribution in [2.45, 2.75) is 0 Å².